The highest BCUT2D eigenvalue weighted by Crippen LogP contribution is 2.31. The lowest BCUT2D eigenvalue weighted by molar-refractivity contribution is 0.211. The van der Waals surface area contributed by atoms with Crippen molar-refractivity contribution in [1.82, 2.24) is 19.9 Å². The lowest BCUT2D eigenvalue weighted by atomic mass is 10.3. The molecule has 3 aromatic rings. The third-order valence-electron chi connectivity index (χ3n) is 3.47. The summed E-state index contributed by atoms with van der Waals surface area (Å²) in [6, 6.07) is 5.51. The Kier molecular flexibility index (Phi) is 5.92. The molecule has 0 saturated carbocycles. The number of aryl methyl sites for hydroxylation is 1. The summed E-state index contributed by atoms with van der Waals surface area (Å²) in [6.07, 6.45) is 3.39. The van der Waals surface area contributed by atoms with Gasteiger partial charge in [-0.05, 0) is 19.1 Å². The number of aromatic nitrogens is 4. The van der Waals surface area contributed by atoms with E-state index in [1.165, 1.54) is 0 Å². The fourth-order valence-corrected chi connectivity index (χ4v) is 3.18. The maximum atomic E-state index is 5.06. The Morgan fingerprint density at radius 2 is 2.00 bits per heavy atom. The maximum Gasteiger partial charge on any atom is 0.227 e. The molecule has 0 atom stereocenters. The number of thiazole rings is 1. The predicted octanol–water partition coefficient (Wildman–Crippen LogP) is 3.11. The summed E-state index contributed by atoms with van der Waals surface area (Å²) < 4.78 is 10.1. The molecule has 0 radical (unpaired) electrons. The first-order valence-corrected chi connectivity index (χ1v) is 8.82. The van der Waals surface area contributed by atoms with Crippen LogP contribution in [0.2, 0.25) is 0 Å². The van der Waals surface area contributed by atoms with Crippen LogP contribution in [0.1, 0.15) is 5.69 Å². The fourth-order valence-electron chi connectivity index (χ4n) is 2.22. The molecule has 3 aromatic heterocycles. The Bertz CT molecular complexity index is 853. The zero-order valence-electron chi connectivity index (χ0n) is 14.8. The van der Waals surface area contributed by atoms with Gasteiger partial charge in [0, 0.05) is 25.9 Å². The van der Waals surface area contributed by atoms with Gasteiger partial charge < -0.3 is 20.1 Å². The molecule has 0 amide bonds. The van der Waals surface area contributed by atoms with Crippen molar-refractivity contribution in [3.05, 3.63) is 36.3 Å². The standard InChI is InChI=1S/C17H20N6O2S/c1-11-15(26-17(21-11)19-8-9-24-2)13-6-7-18-16(23-13)22-12-4-5-14(25-3)20-10-12/h4-7,10H,8-9H2,1-3H3,(H,19,21)(H,18,22,23). The second-order valence-corrected chi connectivity index (χ2v) is 6.33. The van der Waals surface area contributed by atoms with Crippen LogP contribution in [0.25, 0.3) is 10.6 Å². The average Bonchev–Trinajstić information content (AvgIpc) is 3.03. The van der Waals surface area contributed by atoms with Crippen LogP contribution in [-0.2, 0) is 4.74 Å². The molecule has 0 bridgehead atoms. The minimum absolute atomic E-state index is 0.496. The molecule has 0 spiro atoms. The van der Waals surface area contributed by atoms with Crippen LogP contribution in [0.5, 0.6) is 5.88 Å². The summed E-state index contributed by atoms with van der Waals surface area (Å²) in [6.45, 7) is 3.31. The van der Waals surface area contributed by atoms with Crippen molar-refractivity contribution in [2.75, 3.05) is 38.0 Å². The summed E-state index contributed by atoms with van der Waals surface area (Å²) >= 11 is 1.56. The Morgan fingerprint density at radius 1 is 1.12 bits per heavy atom. The first-order chi connectivity index (χ1) is 12.7. The number of hydrogen-bond acceptors (Lipinski definition) is 9. The Morgan fingerprint density at radius 3 is 2.73 bits per heavy atom. The van der Waals surface area contributed by atoms with E-state index >= 15 is 0 Å². The molecule has 26 heavy (non-hydrogen) atoms. The highest BCUT2D eigenvalue weighted by Gasteiger charge is 2.12. The molecule has 8 nitrogen and oxygen atoms in total. The van der Waals surface area contributed by atoms with Crippen molar-refractivity contribution in [1.29, 1.82) is 0 Å². The number of nitrogens with zero attached hydrogens (tertiary/aromatic N) is 4. The third kappa shape index (κ3) is 4.44. The molecule has 0 fully saturated rings. The summed E-state index contributed by atoms with van der Waals surface area (Å²) in [5.41, 5.74) is 2.52. The predicted molar refractivity (Wildman–Crippen MR) is 102 cm³/mol. The number of methoxy groups -OCH3 is 2. The van der Waals surface area contributed by atoms with E-state index in [4.69, 9.17) is 9.47 Å². The molecule has 0 aliphatic carbocycles. The molecule has 0 aliphatic rings. The zero-order chi connectivity index (χ0) is 18.4. The van der Waals surface area contributed by atoms with Crippen molar-refractivity contribution in [2.45, 2.75) is 6.92 Å². The van der Waals surface area contributed by atoms with Gasteiger partial charge in [-0.15, -0.1) is 0 Å². The number of pyridine rings is 1. The van der Waals surface area contributed by atoms with Crippen molar-refractivity contribution < 1.29 is 9.47 Å². The first-order valence-electron chi connectivity index (χ1n) is 8.00. The first kappa shape index (κ1) is 18.0. The van der Waals surface area contributed by atoms with Crippen LogP contribution < -0.4 is 15.4 Å². The number of rotatable bonds is 8. The van der Waals surface area contributed by atoms with Gasteiger partial charge in [-0.25, -0.2) is 19.9 Å². The van der Waals surface area contributed by atoms with Crippen molar-refractivity contribution in [3.63, 3.8) is 0 Å². The summed E-state index contributed by atoms with van der Waals surface area (Å²) in [5, 5.41) is 7.24. The van der Waals surface area contributed by atoms with Crippen molar-refractivity contribution in [3.8, 4) is 16.5 Å². The molecule has 3 rings (SSSR count). The van der Waals surface area contributed by atoms with Gasteiger partial charge in [0.1, 0.15) is 0 Å². The van der Waals surface area contributed by atoms with Crippen LogP contribution in [0, 0.1) is 6.92 Å². The molecule has 9 heteroatoms. The highest BCUT2D eigenvalue weighted by molar-refractivity contribution is 7.19. The molecule has 0 unspecified atom stereocenters. The largest absolute Gasteiger partial charge is 0.481 e. The van der Waals surface area contributed by atoms with E-state index in [2.05, 4.69) is 30.6 Å². The molecule has 2 N–H and O–H groups in total. The summed E-state index contributed by atoms with van der Waals surface area (Å²) in [7, 11) is 3.26. The van der Waals surface area contributed by atoms with Gasteiger partial charge in [-0.1, -0.05) is 11.3 Å². The number of hydrogen-bond donors (Lipinski definition) is 2. The highest BCUT2D eigenvalue weighted by atomic mass is 32.1. The van der Waals surface area contributed by atoms with Crippen LogP contribution in [0.4, 0.5) is 16.8 Å². The van der Waals surface area contributed by atoms with E-state index in [9.17, 15) is 0 Å². The van der Waals surface area contributed by atoms with Gasteiger partial charge in [-0.3, -0.25) is 0 Å². The topological polar surface area (TPSA) is 94.1 Å². The minimum atomic E-state index is 0.496. The van der Waals surface area contributed by atoms with Crippen molar-refractivity contribution >= 4 is 28.1 Å². The normalized spacial score (nSPS) is 10.6. The zero-order valence-corrected chi connectivity index (χ0v) is 15.6. The van der Waals surface area contributed by atoms with E-state index in [0.717, 1.165) is 27.1 Å². The quantitative estimate of drug-likeness (QED) is 0.583. The Hall–Kier alpha value is -2.78. The third-order valence-corrected chi connectivity index (χ3v) is 4.61. The van der Waals surface area contributed by atoms with Crippen molar-refractivity contribution in [2.24, 2.45) is 0 Å². The van der Waals surface area contributed by atoms with E-state index in [1.807, 2.05) is 19.1 Å². The second kappa shape index (κ2) is 8.54. The summed E-state index contributed by atoms with van der Waals surface area (Å²) in [4.78, 5) is 18.6. The van der Waals surface area contributed by atoms with Gasteiger partial charge >= 0.3 is 0 Å². The maximum absolute atomic E-state index is 5.06. The Labute approximate surface area is 155 Å². The van der Waals surface area contributed by atoms with Gasteiger partial charge in [0.25, 0.3) is 0 Å². The van der Waals surface area contributed by atoms with Gasteiger partial charge in [0.2, 0.25) is 11.8 Å². The van der Waals surface area contributed by atoms with Gasteiger partial charge in [-0.2, -0.15) is 0 Å². The van der Waals surface area contributed by atoms with E-state index in [1.54, 1.807) is 44.0 Å². The van der Waals surface area contributed by atoms with E-state index in [0.29, 0.717) is 25.0 Å². The van der Waals surface area contributed by atoms with Gasteiger partial charge in [0.15, 0.2) is 5.13 Å². The lowest BCUT2D eigenvalue weighted by Gasteiger charge is -2.06. The number of anilines is 3. The van der Waals surface area contributed by atoms with Crippen LogP contribution >= 0.6 is 11.3 Å². The fraction of sp³-hybridized carbons (Fsp3) is 0.294. The van der Waals surface area contributed by atoms with Crippen LogP contribution in [0.15, 0.2) is 30.6 Å². The second-order valence-electron chi connectivity index (χ2n) is 5.33. The lowest BCUT2D eigenvalue weighted by Crippen LogP contribution is -2.06. The number of ether oxygens (including phenoxy) is 2. The molecular formula is C17H20N6O2S. The molecule has 0 saturated heterocycles. The minimum Gasteiger partial charge on any atom is -0.481 e. The van der Waals surface area contributed by atoms with Gasteiger partial charge in [0.05, 0.1) is 41.9 Å². The molecule has 136 valence electrons. The Balaban J connectivity index is 1.76. The SMILES string of the molecule is COCCNc1nc(C)c(-c2ccnc(Nc3ccc(OC)nc3)n2)s1. The monoisotopic (exact) mass is 372 g/mol. The average molecular weight is 372 g/mol. The summed E-state index contributed by atoms with van der Waals surface area (Å²) in [5.74, 6) is 1.05. The number of nitrogens with one attached hydrogen (secondary N) is 2. The molecular weight excluding hydrogens is 352 g/mol. The van der Waals surface area contributed by atoms with E-state index < -0.39 is 0 Å². The molecule has 3 heterocycles. The van der Waals surface area contributed by atoms with E-state index in [-0.39, 0.29) is 0 Å². The van der Waals surface area contributed by atoms with Crippen LogP contribution in [-0.4, -0.2) is 47.3 Å². The smallest absolute Gasteiger partial charge is 0.227 e. The van der Waals surface area contributed by atoms with Crippen LogP contribution in [0.3, 0.4) is 0 Å². The molecule has 0 aliphatic heterocycles. The molecule has 0 aromatic carbocycles.